The lowest BCUT2D eigenvalue weighted by Crippen LogP contribution is -2.37. The number of hydrogen-bond acceptors (Lipinski definition) is 0. The Morgan fingerprint density at radius 3 is 1.28 bits per heavy atom. The zero-order valence-corrected chi connectivity index (χ0v) is 53.2. The van der Waals surface area contributed by atoms with Crippen LogP contribution in [-0.2, 0) is 48.1 Å². The van der Waals surface area contributed by atoms with Crippen LogP contribution in [0.2, 0.25) is 0 Å². The molecule has 1 unspecified atom stereocenters. The molecule has 5 nitrogen and oxygen atoms in total. The van der Waals surface area contributed by atoms with Gasteiger partial charge in [0.15, 0.2) is 29.0 Å². The number of aryl methyl sites for hydroxylation is 10. The highest BCUT2D eigenvalue weighted by Gasteiger charge is 2.24. The quantitative estimate of drug-likeness (QED) is 0.148. The first-order chi connectivity index (χ1) is 51.4. The van der Waals surface area contributed by atoms with Crippen molar-refractivity contribution in [2.24, 2.45) is 35.2 Å². The van der Waals surface area contributed by atoms with E-state index in [1.165, 1.54) is 79.8 Å². The van der Waals surface area contributed by atoms with E-state index in [1.807, 2.05) is 132 Å². The van der Waals surface area contributed by atoms with Crippen molar-refractivity contribution in [3.8, 4) is 56.3 Å². The smallest absolute Gasteiger partial charge is 0.201 e. The van der Waals surface area contributed by atoms with Crippen LogP contribution in [0.15, 0.2) is 164 Å². The van der Waals surface area contributed by atoms with Crippen LogP contribution in [0.25, 0.3) is 56.3 Å². The highest BCUT2D eigenvalue weighted by atomic mass is 15.0. The summed E-state index contributed by atoms with van der Waals surface area (Å²) in [6.07, 6.45) is 7.51. The summed E-state index contributed by atoms with van der Waals surface area (Å²) in [5, 5.41) is 0. The van der Waals surface area contributed by atoms with Gasteiger partial charge in [-0.2, -0.15) is 18.3 Å². The van der Waals surface area contributed by atoms with Crippen molar-refractivity contribution in [3.05, 3.63) is 265 Å². The minimum Gasteiger partial charge on any atom is -0.201 e. The molecule has 0 saturated carbocycles. The van der Waals surface area contributed by atoms with E-state index in [2.05, 4.69) is 55.1 Å². The molecule has 5 heteroatoms. The first-order valence-electron chi connectivity index (χ1n) is 41.9. The SMILES string of the molecule is Cc1ccccc1-c1cc2c(c[n+]1C)CCCC2.[2H]C([2H])([2H])c1c(C([2H])(C)C([2H])([2H])[2H])ccc(-c2ccccc2C)[n+]1C.[2H]C([2H])([2H])c1c(C)c(C)c(-c2ccccc2C)[n+](C)c1C([2H])([2H])[2H].[2H]C([2H])([2H])c1c(C)cc(-c2ccccc2C)[n+](C)c1C([2H])([2H])[2H].[2H]C([2H])([2H])c1ccc(-c2ccccc2C)[n+](C)c1C([2H])([2H])[2H]. The minimum atomic E-state index is -2.65. The highest BCUT2D eigenvalue weighted by Crippen LogP contribution is 2.30. The predicted octanol–water partition coefficient (Wildman–Crippen LogP) is 17.5. The Labute approximate surface area is 560 Å². The molecular formula is C82H102N5+5. The first kappa shape index (κ1) is 39.6. The van der Waals surface area contributed by atoms with Crippen LogP contribution < -0.4 is 22.8 Å². The van der Waals surface area contributed by atoms with Gasteiger partial charge in [0.05, 0.1) is 0 Å². The molecule has 0 N–H and O–H groups in total. The number of pyridine rings is 5. The van der Waals surface area contributed by atoms with E-state index in [0.717, 1.165) is 55.8 Å². The Balaban J connectivity index is 0.000000195. The molecule has 5 heterocycles. The number of rotatable bonds is 6. The van der Waals surface area contributed by atoms with Crippen LogP contribution in [0.3, 0.4) is 0 Å². The summed E-state index contributed by atoms with van der Waals surface area (Å²) in [5.74, 6) is -2.03. The maximum Gasteiger partial charge on any atom is 0.215 e. The third-order valence-corrected chi connectivity index (χ3v) is 16.7. The number of hydrogen-bond donors (Lipinski definition) is 0. The molecule has 0 aliphatic heterocycles. The molecule has 0 fully saturated rings. The number of fused-ring (bicyclic) bond motifs is 1. The van der Waals surface area contributed by atoms with Gasteiger partial charge in [-0.1, -0.05) is 105 Å². The number of benzene rings is 5. The Hall–Kier alpha value is -8.15. The van der Waals surface area contributed by atoms with Gasteiger partial charge in [0.25, 0.3) is 0 Å². The standard InChI is InChI=1S/C17H20N.2C17H22N.C16H20N.C15H18N/c1-13-7-3-6-10-16(13)17-11-14-8-4-5-9-15(14)12-18(17)2;1-11-9-7-8-10-16(11)17-14(4)12(2)13(3)15(5)18(17)6;1-12(2)15-10-11-17(18(5)14(15)4)16-9-7-6-8-13(16)3;1-11-8-6-7-9-15(11)16-10-12(2)13(3)14(4)17(16)5;1-11-9-10-15(16(4)13(11)3)14-8-6-5-7-12(14)2/h3,6-7,10-12H,4-5,8-9H2,1-2H3;7-10H,1-6H3;6-12H,1-5H3;6-10H,1-5H3;5-10H,1-4H3/q5*+1/i;3D3,5D3;1D3,4D3,12D;3D3,4D3;1D3,3D3. The van der Waals surface area contributed by atoms with Crippen LogP contribution in [-0.4, -0.2) is 0 Å². The van der Waals surface area contributed by atoms with Gasteiger partial charge in [-0.3, -0.25) is 0 Å². The summed E-state index contributed by atoms with van der Waals surface area (Å²) < 4.78 is 203. The Morgan fingerprint density at radius 1 is 0.356 bits per heavy atom. The van der Waals surface area contributed by atoms with Gasteiger partial charge in [0.2, 0.25) is 28.5 Å². The summed E-state index contributed by atoms with van der Waals surface area (Å²) in [5.41, 5.74) is 18.4. The van der Waals surface area contributed by atoms with E-state index in [0.29, 0.717) is 28.2 Å². The molecule has 1 aliphatic rings. The topological polar surface area (TPSA) is 19.4 Å². The summed E-state index contributed by atoms with van der Waals surface area (Å²) in [4.78, 5) is 0. The maximum atomic E-state index is 8.33. The van der Waals surface area contributed by atoms with Gasteiger partial charge >= 0.3 is 0 Å². The largest absolute Gasteiger partial charge is 0.215 e. The Kier molecular flexibility index (Phi) is 13.4. The van der Waals surface area contributed by atoms with Gasteiger partial charge < -0.3 is 0 Å². The lowest BCUT2D eigenvalue weighted by atomic mass is 9.91. The second-order valence-electron chi connectivity index (χ2n) is 22.7. The summed E-state index contributed by atoms with van der Waals surface area (Å²) >= 11 is 0. The molecule has 87 heavy (non-hydrogen) atoms. The molecule has 10 aromatic rings. The third-order valence-electron chi connectivity index (χ3n) is 16.7. The minimum absolute atomic E-state index is 0.00710. The Morgan fingerprint density at radius 2 is 0.793 bits per heavy atom. The first-order valence-corrected chi connectivity index (χ1v) is 29.4. The van der Waals surface area contributed by atoms with Gasteiger partial charge in [-0.05, 0) is 194 Å². The number of nitrogens with zero attached hydrogens (tertiary/aromatic N) is 5. The summed E-state index contributed by atoms with van der Waals surface area (Å²) in [7, 11) is 8.60. The fourth-order valence-corrected chi connectivity index (χ4v) is 11.1. The second kappa shape index (κ2) is 29.5. The summed E-state index contributed by atoms with van der Waals surface area (Å²) in [6, 6.07) is 49.5. The van der Waals surface area contributed by atoms with Crippen LogP contribution >= 0.6 is 0 Å². The fraction of sp³-hybridized carbons (Fsp3) is 0.329. The zero-order valence-electron chi connectivity index (χ0n) is 78.2. The van der Waals surface area contributed by atoms with Crippen molar-refractivity contribution >= 4 is 0 Å². The van der Waals surface area contributed by atoms with E-state index in [-0.39, 0.29) is 45.0 Å². The molecule has 5 aromatic heterocycles. The van der Waals surface area contributed by atoms with E-state index in [4.69, 9.17) is 34.3 Å². The van der Waals surface area contributed by atoms with E-state index < -0.39 is 60.7 Å². The third kappa shape index (κ3) is 15.2. The molecule has 0 radical (unpaired) electrons. The summed E-state index contributed by atoms with van der Waals surface area (Å²) in [6.45, 7) is -3.79. The van der Waals surface area contributed by atoms with Crippen molar-refractivity contribution in [1.29, 1.82) is 0 Å². The van der Waals surface area contributed by atoms with Gasteiger partial charge in [0, 0.05) is 147 Å². The van der Waals surface area contributed by atoms with Crippen molar-refractivity contribution in [2.75, 3.05) is 0 Å². The average molecular weight is 1180 g/mol. The highest BCUT2D eigenvalue weighted by molar-refractivity contribution is 5.67. The van der Waals surface area contributed by atoms with E-state index in [1.54, 1.807) is 71.4 Å². The van der Waals surface area contributed by atoms with E-state index >= 15 is 0 Å². The van der Waals surface area contributed by atoms with Crippen LogP contribution in [0, 0.1) is 103 Å². The van der Waals surface area contributed by atoms with Crippen molar-refractivity contribution < 1.29 is 57.1 Å². The molecular weight excluding hydrogens is 1050 g/mol. The molecule has 0 bridgehead atoms. The lowest BCUT2D eigenvalue weighted by Gasteiger charge is -2.15. The Bertz CT molecular complexity index is 5070. The molecule has 11 rings (SSSR count). The van der Waals surface area contributed by atoms with Gasteiger partial charge in [-0.25, -0.2) is 4.57 Å². The van der Waals surface area contributed by atoms with Crippen LogP contribution in [0.5, 0.6) is 0 Å². The normalized spacial score (nSPS) is 17.6. The monoisotopic (exact) mass is 1180 g/mol. The molecule has 0 spiro atoms. The van der Waals surface area contributed by atoms with Gasteiger partial charge in [-0.15, -0.1) is 0 Å². The molecule has 5 aromatic carbocycles. The van der Waals surface area contributed by atoms with Crippen molar-refractivity contribution in [2.45, 2.75) is 149 Å². The molecule has 0 amide bonds. The molecule has 1 atom stereocenters. The van der Waals surface area contributed by atoms with E-state index in [9.17, 15) is 0 Å². The zero-order chi connectivity index (χ0) is 84.5. The molecule has 0 saturated heterocycles. The van der Waals surface area contributed by atoms with Crippen LogP contribution in [0.4, 0.5) is 0 Å². The maximum absolute atomic E-state index is 8.33. The van der Waals surface area contributed by atoms with Crippen LogP contribution in [0.1, 0.15) is 167 Å². The van der Waals surface area contributed by atoms with Crippen molar-refractivity contribution in [3.63, 3.8) is 0 Å². The number of aromatic nitrogens is 5. The fourth-order valence-electron chi connectivity index (χ4n) is 11.1. The van der Waals surface area contributed by atoms with Gasteiger partial charge in [0.1, 0.15) is 35.2 Å². The predicted molar refractivity (Wildman–Crippen MR) is 367 cm³/mol. The second-order valence-corrected chi connectivity index (χ2v) is 22.7. The van der Waals surface area contributed by atoms with Crippen molar-refractivity contribution in [1.82, 2.24) is 0 Å². The lowest BCUT2D eigenvalue weighted by molar-refractivity contribution is -0.667. The molecule has 1 aliphatic carbocycles. The molecule has 450 valence electrons. The average Bonchev–Trinajstić information content (AvgIpc) is 0.745.